The number of rotatable bonds is 5. The Morgan fingerprint density at radius 2 is 1.89 bits per heavy atom. The molecule has 1 aliphatic rings. The van der Waals surface area contributed by atoms with Crippen molar-refractivity contribution in [1.82, 2.24) is 9.71 Å². The van der Waals surface area contributed by atoms with Crippen LogP contribution in [0.25, 0.3) is 0 Å². The molecule has 0 spiro atoms. The molecule has 35 heavy (non-hydrogen) atoms. The maximum Gasteiger partial charge on any atom is 0.419 e. The quantitative estimate of drug-likeness (QED) is 0.601. The van der Waals surface area contributed by atoms with Crippen molar-refractivity contribution in [2.75, 3.05) is 23.3 Å². The molecular formula is C24H30F2N4O4S. The SMILES string of the molecule is Cc1ccc(C(=O)Nc2cccc([S@@](=O)NC(=O)OC(C)(C)C)c2)c(N2CCCC(F)(F)CC2)n1. The normalized spacial score (nSPS) is 16.7. The van der Waals surface area contributed by atoms with Crippen LogP contribution < -0.4 is 14.9 Å². The molecule has 2 heterocycles. The summed E-state index contributed by atoms with van der Waals surface area (Å²) < 4.78 is 47.6. The fourth-order valence-corrected chi connectivity index (χ4v) is 4.31. The molecule has 0 saturated carbocycles. The lowest BCUT2D eigenvalue weighted by Crippen LogP contribution is -2.33. The number of aromatic nitrogens is 1. The second-order valence-electron chi connectivity index (χ2n) is 9.37. The summed E-state index contributed by atoms with van der Waals surface area (Å²) >= 11 is 0. The first-order chi connectivity index (χ1) is 16.3. The summed E-state index contributed by atoms with van der Waals surface area (Å²) in [7, 11) is -1.91. The zero-order valence-electron chi connectivity index (χ0n) is 20.2. The van der Waals surface area contributed by atoms with Crippen LogP contribution in [0.5, 0.6) is 0 Å². The maximum absolute atomic E-state index is 13.9. The maximum atomic E-state index is 13.9. The van der Waals surface area contributed by atoms with E-state index in [9.17, 15) is 22.6 Å². The average molecular weight is 509 g/mol. The van der Waals surface area contributed by atoms with E-state index in [2.05, 4.69) is 15.0 Å². The molecule has 1 atom stereocenters. The molecule has 190 valence electrons. The van der Waals surface area contributed by atoms with Gasteiger partial charge in [-0.25, -0.2) is 27.5 Å². The predicted octanol–water partition coefficient (Wildman–Crippen LogP) is 4.82. The minimum absolute atomic E-state index is 0.0918. The highest BCUT2D eigenvalue weighted by atomic mass is 32.2. The van der Waals surface area contributed by atoms with Gasteiger partial charge in [0.15, 0.2) is 11.0 Å². The number of halogens is 2. The molecule has 0 bridgehead atoms. The Morgan fingerprint density at radius 1 is 1.14 bits per heavy atom. The summed E-state index contributed by atoms with van der Waals surface area (Å²) in [6, 6.07) is 9.51. The third-order valence-electron chi connectivity index (χ3n) is 5.16. The summed E-state index contributed by atoms with van der Waals surface area (Å²) in [5.74, 6) is -2.86. The van der Waals surface area contributed by atoms with Gasteiger partial charge in [0.25, 0.3) is 5.91 Å². The van der Waals surface area contributed by atoms with Gasteiger partial charge in [0.2, 0.25) is 5.92 Å². The number of benzene rings is 1. The van der Waals surface area contributed by atoms with Gasteiger partial charge >= 0.3 is 6.09 Å². The molecule has 1 aromatic heterocycles. The molecule has 0 aliphatic carbocycles. The third kappa shape index (κ3) is 7.71. The lowest BCUT2D eigenvalue weighted by atomic mass is 10.1. The van der Waals surface area contributed by atoms with Crippen molar-refractivity contribution >= 4 is 34.5 Å². The molecule has 2 N–H and O–H groups in total. The summed E-state index contributed by atoms with van der Waals surface area (Å²) in [5.41, 5.74) is 0.519. The van der Waals surface area contributed by atoms with Crippen LogP contribution >= 0.6 is 0 Å². The number of nitrogens with zero attached hydrogens (tertiary/aromatic N) is 2. The van der Waals surface area contributed by atoms with Crippen molar-refractivity contribution in [3.05, 3.63) is 47.7 Å². The molecular weight excluding hydrogens is 478 g/mol. The Hall–Kier alpha value is -3.08. The summed E-state index contributed by atoms with van der Waals surface area (Å²) in [4.78, 5) is 31.5. The fraction of sp³-hybridized carbons (Fsp3) is 0.458. The molecule has 3 rings (SSSR count). The van der Waals surface area contributed by atoms with E-state index in [0.717, 1.165) is 0 Å². The topological polar surface area (TPSA) is 101 Å². The number of carbonyl (C=O) groups excluding carboxylic acids is 2. The average Bonchev–Trinajstić information content (AvgIpc) is 2.92. The first-order valence-electron chi connectivity index (χ1n) is 11.3. The van der Waals surface area contributed by atoms with E-state index in [1.54, 1.807) is 62.9 Å². The van der Waals surface area contributed by atoms with Crippen molar-refractivity contribution in [2.45, 2.75) is 63.4 Å². The van der Waals surface area contributed by atoms with Gasteiger partial charge in [0.05, 0.1) is 10.5 Å². The van der Waals surface area contributed by atoms with Crippen molar-refractivity contribution in [3.8, 4) is 0 Å². The number of aryl methyl sites for hydroxylation is 1. The zero-order chi connectivity index (χ0) is 25.8. The Bertz CT molecular complexity index is 1120. The minimum atomic E-state index is -2.73. The predicted molar refractivity (Wildman–Crippen MR) is 130 cm³/mol. The van der Waals surface area contributed by atoms with E-state index in [1.165, 1.54) is 6.07 Å². The highest BCUT2D eigenvalue weighted by molar-refractivity contribution is 7.83. The second kappa shape index (κ2) is 10.7. The van der Waals surface area contributed by atoms with Gasteiger partial charge in [-0.2, -0.15) is 0 Å². The van der Waals surface area contributed by atoms with Gasteiger partial charge < -0.3 is 15.0 Å². The lowest BCUT2D eigenvalue weighted by molar-refractivity contribution is -0.0102. The number of hydrogen-bond donors (Lipinski definition) is 2. The van der Waals surface area contributed by atoms with E-state index in [-0.39, 0.29) is 29.8 Å². The van der Waals surface area contributed by atoms with Gasteiger partial charge in [0, 0.05) is 37.3 Å². The number of hydrogen-bond acceptors (Lipinski definition) is 6. The molecule has 0 unspecified atom stereocenters. The van der Waals surface area contributed by atoms with Crippen LogP contribution in [0.4, 0.5) is 25.1 Å². The first kappa shape index (κ1) is 26.5. The molecule has 1 saturated heterocycles. The van der Waals surface area contributed by atoms with Crippen molar-refractivity contribution in [2.24, 2.45) is 0 Å². The Balaban J connectivity index is 1.76. The van der Waals surface area contributed by atoms with E-state index in [1.807, 2.05) is 0 Å². The van der Waals surface area contributed by atoms with Crippen molar-refractivity contribution < 1.29 is 27.3 Å². The van der Waals surface area contributed by atoms with Crippen LogP contribution in [0.15, 0.2) is 41.3 Å². The third-order valence-corrected chi connectivity index (χ3v) is 6.19. The molecule has 1 fully saturated rings. The van der Waals surface area contributed by atoms with E-state index >= 15 is 0 Å². The van der Waals surface area contributed by atoms with Gasteiger partial charge in [-0.05, 0) is 64.4 Å². The lowest BCUT2D eigenvalue weighted by Gasteiger charge is -2.24. The van der Waals surface area contributed by atoms with Crippen molar-refractivity contribution in [3.63, 3.8) is 0 Å². The number of nitrogens with one attached hydrogen (secondary N) is 2. The van der Waals surface area contributed by atoms with Gasteiger partial charge in [-0.15, -0.1) is 0 Å². The van der Waals surface area contributed by atoms with E-state index < -0.39 is 34.5 Å². The summed E-state index contributed by atoms with van der Waals surface area (Å²) in [5, 5.41) is 2.74. The molecule has 2 aromatic rings. The Labute approximate surface area is 206 Å². The molecule has 2 amide bonds. The summed E-state index contributed by atoms with van der Waals surface area (Å²) in [6.45, 7) is 7.31. The highest BCUT2D eigenvalue weighted by Gasteiger charge is 2.33. The number of anilines is 2. The van der Waals surface area contributed by atoms with Crippen LogP contribution in [-0.4, -0.2) is 45.8 Å². The fourth-order valence-electron chi connectivity index (χ4n) is 3.56. The van der Waals surface area contributed by atoms with Gasteiger partial charge in [-0.3, -0.25) is 4.79 Å². The number of ether oxygens (including phenoxy) is 1. The Morgan fingerprint density at radius 3 is 2.60 bits per heavy atom. The van der Waals surface area contributed by atoms with Crippen LogP contribution in [0.2, 0.25) is 0 Å². The number of alkyl halides is 2. The smallest absolute Gasteiger partial charge is 0.419 e. The molecule has 1 aromatic carbocycles. The summed E-state index contributed by atoms with van der Waals surface area (Å²) in [6.07, 6.45) is -1.04. The zero-order valence-corrected chi connectivity index (χ0v) is 21.0. The van der Waals surface area contributed by atoms with Gasteiger partial charge in [0.1, 0.15) is 11.4 Å². The standard InChI is InChI=1S/C24H30F2N4O4S/c1-16-9-10-19(20(27-16)30-13-6-11-24(25,26)12-14-30)21(31)28-17-7-5-8-18(15-17)35(33)29-22(32)34-23(2,3)4/h5,7-10,15H,6,11-14H2,1-4H3,(H,28,31)(H,29,32)/t35-/m1/s1. The van der Waals surface area contributed by atoms with Crippen LogP contribution in [0.3, 0.4) is 0 Å². The number of pyridine rings is 1. The van der Waals surface area contributed by atoms with Crippen LogP contribution in [0.1, 0.15) is 56.1 Å². The van der Waals surface area contributed by atoms with E-state index in [4.69, 9.17) is 4.74 Å². The van der Waals surface area contributed by atoms with Gasteiger partial charge in [-0.1, -0.05) is 6.07 Å². The Kier molecular flexibility index (Phi) is 8.09. The van der Waals surface area contributed by atoms with Crippen LogP contribution in [-0.2, 0) is 15.7 Å². The minimum Gasteiger partial charge on any atom is -0.443 e. The highest BCUT2D eigenvalue weighted by Crippen LogP contribution is 2.31. The number of carbonyl (C=O) groups is 2. The largest absolute Gasteiger partial charge is 0.443 e. The molecule has 8 nitrogen and oxygen atoms in total. The molecule has 11 heteroatoms. The monoisotopic (exact) mass is 508 g/mol. The van der Waals surface area contributed by atoms with E-state index in [0.29, 0.717) is 30.2 Å². The van der Waals surface area contributed by atoms with Crippen LogP contribution in [0, 0.1) is 6.92 Å². The number of amides is 2. The first-order valence-corrected chi connectivity index (χ1v) is 12.4. The van der Waals surface area contributed by atoms with Crippen molar-refractivity contribution in [1.29, 1.82) is 0 Å². The second-order valence-corrected chi connectivity index (χ2v) is 10.6. The molecule has 0 radical (unpaired) electrons. The molecule has 1 aliphatic heterocycles.